The number of rotatable bonds is 6. The lowest BCUT2D eigenvalue weighted by Crippen LogP contribution is -1.94. The molecule has 0 unspecified atom stereocenters. The van der Waals surface area contributed by atoms with Crippen LogP contribution in [0.5, 0.6) is 0 Å². The molecule has 0 amide bonds. The molecule has 17 rings (SSSR count). The SMILES string of the molecule is c1cc(-c2cc(-c3ccc4c(c3)c3ccccc3n4-c3ccc4sc5ccc(-n6c7ccccc7c7ccccc76)cc5c4c3)cc(-c3cccc4c3sc3ccccc34)c2)cc(-n2c3ccccc3c3ccccc32)c1. The van der Waals surface area contributed by atoms with Gasteiger partial charge in [-0.1, -0.05) is 146 Å². The monoisotopic (exact) mass is 1010 g/mol. The second-order valence-corrected chi connectivity index (χ2v) is 22.6. The molecule has 0 saturated carbocycles. The third-order valence-electron chi connectivity index (χ3n) is 16.2. The minimum atomic E-state index is 1.14. The number of nitrogens with zero attached hydrogens (tertiary/aromatic N) is 3. The molecular weight excluding hydrogens is 971 g/mol. The molecule has 12 aromatic carbocycles. The van der Waals surface area contributed by atoms with E-state index in [9.17, 15) is 0 Å². The van der Waals surface area contributed by atoms with Crippen molar-refractivity contribution in [2.75, 3.05) is 0 Å². The Morgan fingerprint density at radius 3 is 1.18 bits per heavy atom. The zero-order valence-corrected chi connectivity index (χ0v) is 43.1. The van der Waals surface area contributed by atoms with Gasteiger partial charge in [-0.3, -0.25) is 0 Å². The van der Waals surface area contributed by atoms with Crippen molar-refractivity contribution in [2.45, 2.75) is 0 Å². The molecule has 77 heavy (non-hydrogen) atoms. The second kappa shape index (κ2) is 16.5. The Kier molecular flexibility index (Phi) is 9.16. The Morgan fingerprint density at radius 2 is 0.623 bits per heavy atom. The normalized spacial score (nSPS) is 12.2. The van der Waals surface area contributed by atoms with Crippen LogP contribution in [0, 0.1) is 0 Å². The van der Waals surface area contributed by atoms with Crippen molar-refractivity contribution in [1.82, 2.24) is 13.7 Å². The molecule has 17 aromatic rings. The highest BCUT2D eigenvalue weighted by Gasteiger charge is 2.20. The van der Waals surface area contributed by atoms with Gasteiger partial charge >= 0.3 is 0 Å². The average Bonchev–Trinajstić information content (AvgIpc) is 4.41. The van der Waals surface area contributed by atoms with Crippen molar-refractivity contribution in [2.24, 2.45) is 0 Å². The van der Waals surface area contributed by atoms with Gasteiger partial charge in [0.25, 0.3) is 0 Å². The summed E-state index contributed by atoms with van der Waals surface area (Å²) in [4.78, 5) is 0. The van der Waals surface area contributed by atoms with Gasteiger partial charge in [0.15, 0.2) is 0 Å². The summed E-state index contributed by atoms with van der Waals surface area (Å²) in [5, 5.41) is 12.7. The largest absolute Gasteiger partial charge is 0.309 e. The van der Waals surface area contributed by atoms with Crippen molar-refractivity contribution in [3.05, 3.63) is 261 Å². The lowest BCUT2D eigenvalue weighted by Gasteiger charge is -2.14. The zero-order chi connectivity index (χ0) is 50.3. The number of aromatic nitrogens is 3. The van der Waals surface area contributed by atoms with E-state index in [1.165, 1.54) is 145 Å². The third kappa shape index (κ3) is 6.42. The highest BCUT2D eigenvalue weighted by atomic mass is 32.1. The molecule has 0 spiro atoms. The molecule has 0 atom stereocenters. The van der Waals surface area contributed by atoms with Crippen molar-refractivity contribution in [3.63, 3.8) is 0 Å². The first kappa shape index (κ1) is 42.8. The molecular formula is C72H43N3S2. The smallest absolute Gasteiger partial charge is 0.0541 e. The van der Waals surface area contributed by atoms with Crippen molar-refractivity contribution < 1.29 is 0 Å². The number of fused-ring (bicyclic) bond motifs is 15. The fraction of sp³-hybridized carbons (Fsp3) is 0. The highest BCUT2D eigenvalue weighted by molar-refractivity contribution is 7.26. The summed E-state index contributed by atoms with van der Waals surface area (Å²) in [7, 11) is 0. The Bertz CT molecular complexity index is 5200. The molecule has 0 fully saturated rings. The van der Waals surface area contributed by atoms with Gasteiger partial charge < -0.3 is 13.7 Å². The van der Waals surface area contributed by atoms with Crippen LogP contribution >= 0.6 is 22.7 Å². The van der Waals surface area contributed by atoms with Crippen molar-refractivity contribution in [1.29, 1.82) is 0 Å². The Hall–Kier alpha value is -9.52. The minimum Gasteiger partial charge on any atom is -0.309 e. The van der Waals surface area contributed by atoms with Crippen LogP contribution in [0.4, 0.5) is 0 Å². The van der Waals surface area contributed by atoms with Crippen LogP contribution in [0.25, 0.3) is 156 Å². The summed E-state index contributed by atoms with van der Waals surface area (Å²) in [6.07, 6.45) is 0. The molecule has 5 aromatic heterocycles. The Labute approximate surface area is 450 Å². The number of thiophene rings is 2. The molecule has 0 saturated heterocycles. The fourth-order valence-corrected chi connectivity index (χ4v) is 15.1. The van der Waals surface area contributed by atoms with E-state index in [1.54, 1.807) is 0 Å². The first-order valence-corrected chi connectivity index (χ1v) is 27.9. The number of para-hydroxylation sites is 5. The van der Waals surface area contributed by atoms with E-state index in [1.807, 2.05) is 22.7 Å². The van der Waals surface area contributed by atoms with Crippen LogP contribution in [0.1, 0.15) is 0 Å². The van der Waals surface area contributed by atoms with Gasteiger partial charge in [0.2, 0.25) is 0 Å². The van der Waals surface area contributed by atoms with Crippen molar-refractivity contribution in [3.8, 4) is 50.4 Å². The van der Waals surface area contributed by atoms with Gasteiger partial charge in [-0.15, -0.1) is 22.7 Å². The van der Waals surface area contributed by atoms with Crippen LogP contribution in [-0.4, -0.2) is 13.7 Å². The Balaban J connectivity index is 0.838. The lowest BCUT2D eigenvalue weighted by molar-refractivity contribution is 1.18. The standard InChI is InChI=1S/C72H43N3S2/c1-7-25-63-53(17-1)54-18-2-8-26-64(54)73(63)49-16-13-15-44(40-49)46-37-47(39-48(38-46)52-23-14-24-59-58-22-6-12-30-69(58)77-72(52)59)45-31-34-68-60(41-45)57-21-5-11-29-67(57)75(68)51-33-36-71-62(43-51)61-42-50(32-35-70(61)76-71)74-65-27-9-3-19-55(65)56-20-4-10-28-66(56)74/h1-43H. The van der Waals surface area contributed by atoms with E-state index in [0.717, 1.165) is 11.4 Å². The molecule has 0 bridgehead atoms. The molecule has 0 aliphatic heterocycles. The molecule has 5 heteroatoms. The summed E-state index contributed by atoms with van der Waals surface area (Å²) in [6.45, 7) is 0. The third-order valence-corrected chi connectivity index (χ3v) is 18.6. The van der Waals surface area contributed by atoms with E-state index in [-0.39, 0.29) is 0 Å². The summed E-state index contributed by atoms with van der Waals surface area (Å²) in [5.41, 5.74) is 17.9. The lowest BCUT2D eigenvalue weighted by atomic mass is 9.92. The van der Waals surface area contributed by atoms with Gasteiger partial charge in [0.1, 0.15) is 0 Å². The molecule has 3 nitrogen and oxygen atoms in total. The molecule has 5 heterocycles. The first-order valence-electron chi connectivity index (χ1n) is 26.3. The second-order valence-electron chi connectivity index (χ2n) is 20.4. The summed E-state index contributed by atoms with van der Waals surface area (Å²) < 4.78 is 12.5. The maximum atomic E-state index is 2.47. The van der Waals surface area contributed by atoms with Crippen molar-refractivity contribution >= 4 is 128 Å². The maximum absolute atomic E-state index is 2.47. The summed E-state index contributed by atoms with van der Waals surface area (Å²) in [6, 6.07) is 97.2. The van der Waals surface area contributed by atoms with E-state index in [0.29, 0.717) is 0 Å². The van der Waals surface area contributed by atoms with Crippen LogP contribution < -0.4 is 0 Å². The molecule has 0 aliphatic rings. The van der Waals surface area contributed by atoms with Crippen LogP contribution in [0.15, 0.2) is 261 Å². The van der Waals surface area contributed by atoms with Gasteiger partial charge in [-0.25, -0.2) is 0 Å². The highest BCUT2D eigenvalue weighted by Crippen LogP contribution is 2.45. The predicted molar refractivity (Wildman–Crippen MR) is 332 cm³/mol. The van der Waals surface area contributed by atoms with Gasteiger partial charge in [0.05, 0.1) is 33.1 Å². The average molecular weight is 1010 g/mol. The maximum Gasteiger partial charge on any atom is 0.0541 e. The van der Waals surface area contributed by atoms with Gasteiger partial charge in [0, 0.05) is 89.7 Å². The van der Waals surface area contributed by atoms with Crippen LogP contribution in [0.3, 0.4) is 0 Å². The summed E-state index contributed by atoms with van der Waals surface area (Å²) >= 11 is 3.76. The molecule has 0 aliphatic carbocycles. The minimum absolute atomic E-state index is 1.14. The quantitative estimate of drug-likeness (QED) is 0.158. The molecule has 0 radical (unpaired) electrons. The number of hydrogen-bond acceptors (Lipinski definition) is 2. The number of benzene rings is 12. The van der Waals surface area contributed by atoms with E-state index in [2.05, 4.69) is 275 Å². The van der Waals surface area contributed by atoms with Crippen LogP contribution in [0.2, 0.25) is 0 Å². The van der Waals surface area contributed by atoms with Crippen LogP contribution in [-0.2, 0) is 0 Å². The van der Waals surface area contributed by atoms with E-state index < -0.39 is 0 Å². The fourth-order valence-electron chi connectivity index (χ4n) is 12.8. The van der Waals surface area contributed by atoms with E-state index >= 15 is 0 Å². The molecule has 0 N–H and O–H groups in total. The van der Waals surface area contributed by atoms with Gasteiger partial charge in [-0.05, 0) is 149 Å². The zero-order valence-electron chi connectivity index (χ0n) is 41.5. The topological polar surface area (TPSA) is 14.8 Å². The van der Waals surface area contributed by atoms with E-state index in [4.69, 9.17) is 0 Å². The summed E-state index contributed by atoms with van der Waals surface area (Å²) in [5.74, 6) is 0. The molecule has 358 valence electrons. The Morgan fingerprint density at radius 1 is 0.208 bits per heavy atom. The predicted octanol–water partition coefficient (Wildman–Crippen LogP) is 20.7. The first-order chi connectivity index (χ1) is 38.2. The van der Waals surface area contributed by atoms with Gasteiger partial charge in [-0.2, -0.15) is 0 Å². The number of hydrogen-bond donors (Lipinski definition) is 0.